The Morgan fingerprint density at radius 2 is 1.67 bits per heavy atom. The van der Waals surface area contributed by atoms with Crippen LogP contribution in [0, 0.1) is 23.2 Å². The number of aliphatic hydroxyl groups is 1. The third-order valence-electron chi connectivity index (χ3n) is 10.7. The summed E-state index contributed by atoms with van der Waals surface area (Å²) >= 11 is 1.43. The standard InChI is InChI=1S/C33H49F6NO2S/c1-31-21-27(34)30-25-11-10-24(41)20-23(25)19-22(29(30)26(31)12-13-28(31)42)9-5-3-4-6-15-40(2)16-8-18-43-17-7-14-32(35,36)33(37,38)39/h10-11,20,22,26-30,41-42H,3-9,12-19,21H2,1-2H3/t22-,26+,27+,28+,29+,30+,31+/m1/s1. The van der Waals surface area contributed by atoms with Crippen molar-refractivity contribution < 1.29 is 36.6 Å². The average molecular weight is 638 g/mol. The molecule has 3 aliphatic rings. The molecule has 4 rings (SSSR count). The minimum absolute atomic E-state index is 0.152. The molecule has 2 N–H and O–H groups in total. The molecule has 0 heterocycles. The van der Waals surface area contributed by atoms with Gasteiger partial charge in [-0.1, -0.05) is 32.3 Å². The normalized spacial score (nSPS) is 30.7. The Morgan fingerprint density at radius 3 is 2.42 bits per heavy atom. The molecule has 3 aliphatic carbocycles. The number of hydrogen-bond donors (Lipinski definition) is 2. The first-order chi connectivity index (χ1) is 20.2. The molecule has 0 amide bonds. The van der Waals surface area contributed by atoms with Crippen molar-refractivity contribution in [2.75, 3.05) is 31.6 Å². The van der Waals surface area contributed by atoms with E-state index in [1.54, 1.807) is 6.07 Å². The first-order valence-corrected chi connectivity index (χ1v) is 17.2. The second kappa shape index (κ2) is 14.5. The number of aromatic hydroxyl groups is 1. The molecule has 0 saturated heterocycles. The zero-order chi connectivity index (χ0) is 31.4. The summed E-state index contributed by atoms with van der Waals surface area (Å²) in [6.45, 7) is 3.90. The molecule has 0 spiro atoms. The lowest BCUT2D eigenvalue weighted by Crippen LogP contribution is -2.51. The van der Waals surface area contributed by atoms with Crippen LogP contribution in [-0.4, -0.2) is 71.1 Å². The van der Waals surface area contributed by atoms with Crippen molar-refractivity contribution in [2.24, 2.45) is 23.2 Å². The molecule has 43 heavy (non-hydrogen) atoms. The molecule has 246 valence electrons. The van der Waals surface area contributed by atoms with Crippen molar-refractivity contribution in [1.29, 1.82) is 0 Å². The van der Waals surface area contributed by atoms with Gasteiger partial charge >= 0.3 is 12.1 Å². The highest BCUT2D eigenvalue weighted by atomic mass is 32.2. The quantitative estimate of drug-likeness (QED) is 0.149. The van der Waals surface area contributed by atoms with Gasteiger partial charge in [0.05, 0.1) is 6.10 Å². The van der Waals surface area contributed by atoms with E-state index in [0.717, 1.165) is 87.8 Å². The molecular weight excluding hydrogens is 588 g/mol. The molecule has 0 aliphatic heterocycles. The van der Waals surface area contributed by atoms with Crippen molar-refractivity contribution in [3.63, 3.8) is 0 Å². The number of aliphatic hydroxyl groups excluding tert-OH is 1. The number of rotatable bonds is 15. The van der Waals surface area contributed by atoms with E-state index in [-0.39, 0.29) is 29.4 Å². The van der Waals surface area contributed by atoms with Crippen LogP contribution in [0.3, 0.4) is 0 Å². The molecule has 0 aromatic heterocycles. The predicted octanol–water partition coefficient (Wildman–Crippen LogP) is 8.77. The Hall–Kier alpha value is -1.13. The molecule has 1 aromatic rings. The number of thioether (sulfide) groups is 1. The Kier molecular flexibility index (Phi) is 11.7. The number of halogens is 6. The van der Waals surface area contributed by atoms with Gasteiger partial charge in [-0.2, -0.15) is 33.7 Å². The van der Waals surface area contributed by atoms with Gasteiger partial charge in [0.25, 0.3) is 0 Å². The topological polar surface area (TPSA) is 43.7 Å². The van der Waals surface area contributed by atoms with E-state index in [0.29, 0.717) is 24.0 Å². The average Bonchev–Trinajstić information content (AvgIpc) is 3.22. The largest absolute Gasteiger partial charge is 0.508 e. The summed E-state index contributed by atoms with van der Waals surface area (Å²) in [5.41, 5.74) is 1.77. The molecular formula is C33H49F6NO2S. The van der Waals surface area contributed by atoms with Crippen molar-refractivity contribution in [3.05, 3.63) is 29.3 Å². The maximum Gasteiger partial charge on any atom is 0.453 e. The fourth-order valence-corrected chi connectivity index (χ4v) is 9.25. The van der Waals surface area contributed by atoms with Crippen molar-refractivity contribution >= 4 is 11.8 Å². The smallest absolute Gasteiger partial charge is 0.453 e. The van der Waals surface area contributed by atoms with E-state index in [4.69, 9.17) is 0 Å². The highest BCUT2D eigenvalue weighted by molar-refractivity contribution is 7.99. The summed E-state index contributed by atoms with van der Waals surface area (Å²) in [6, 6.07) is 5.43. The number of phenols is 1. The molecule has 0 bridgehead atoms. The van der Waals surface area contributed by atoms with Gasteiger partial charge in [-0.3, -0.25) is 0 Å². The van der Waals surface area contributed by atoms with Crippen LogP contribution in [0.25, 0.3) is 0 Å². The Bertz CT molecular complexity index is 1040. The van der Waals surface area contributed by atoms with E-state index >= 15 is 4.39 Å². The van der Waals surface area contributed by atoms with Gasteiger partial charge < -0.3 is 15.1 Å². The van der Waals surface area contributed by atoms with Crippen LogP contribution < -0.4 is 0 Å². The van der Waals surface area contributed by atoms with Crippen LogP contribution >= 0.6 is 11.8 Å². The number of fused-ring (bicyclic) bond motifs is 5. The van der Waals surface area contributed by atoms with E-state index in [9.17, 15) is 32.2 Å². The van der Waals surface area contributed by atoms with E-state index in [2.05, 4.69) is 11.8 Å². The lowest BCUT2D eigenvalue weighted by Gasteiger charge is -2.54. The summed E-state index contributed by atoms with van der Waals surface area (Å²) < 4.78 is 78.5. The SMILES string of the molecule is CN(CCCCCC[C@@H]1Cc2cc(O)ccc2[C@@H]2[C@@H]1[C@@H]1CC[C@H](O)[C@@]1(C)C[C@@H]2F)CCCSCCCC(F)(F)C(F)(F)F. The summed E-state index contributed by atoms with van der Waals surface area (Å²) in [6.07, 6.45) is 0.961. The van der Waals surface area contributed by atoms with Crippen LogP contribution in [0.2, 0.25) is 0 Å². The van der Waals surface area contributed by atoms with E-state index in [1.807, 2.05) is 19.2 Å². The van der Waals surface area contributed by atoms with Crippen LogP contribution in [-0.2, 0) is 6.42 Å². The maximum atomic E-state index is 15.9. The first-order valence-electron chi connectivity index (χ1n) is 16.1. The van der Waals surface area contributed by atoms with Gasteiger partial charge in [0, 0.05) is 12.3 Å². The van der Waals surface area contributed by atoms with Gasteiger partial charge in [-0.25, -0.2) is 4.39 Å². The molecule has 3 nitrogen and oxygen atoms in total. The fraction of sp³-hybridized carbons (Fsp3) is 0.818. The molecule has 1 aromatic carbocycles. The summed E-state index contributed by atoms with van der Waals surface area (Å²) in [5, 5.41) is 21.0. The van der Waals surface area contributed by atoms with Crippen molar-refractivity contribution in [3.8, 4) is 5.75 Å². The van der Waals surface area contributed by atoms with Gasteiger partial charge in [0.2, 0.25) is 0 Å². The zero-order valence-electron chi connectivity index (χ0n) is 25.5. The highest BCUT2D eigenvalue weighted by Gasteiger charge is 2.60. The first kappa shape index (κ1) is 34.7. The van der Waals surface area contributed by atoms with Gasteiger partial charge in [0.15, 0.2) is 0 Å². The van der Waals surface area contributed by atoms with Crippen LogP contribution in [0.4, 0.5) is 26.3 Å². The molecule has 2 saturated carbocycles. The third kappa shape index (κ3) is 8.18. The van der Waals surface area contributed by atoms with Crippen molar-refractivity contribution in [2.45, 2.75) is 114 Å². The third-order valence-corrected chi connectivity index (χ3v) is 11.8. The maximum absolute atomic E-state index is 15.9. The lowest BCUT2D eigenvalue weighted by molar-refractivity contribution is -0.284. The second-order valence-corrected chi connectivity index (χ2v) is 14.9. The Morgan fingerprint density at radius 1 is 0.977 bits per heavy atom. The minimum atomic E-state index is -5.47. The molecule has 10 heteroatoms. The number of benzene rings is 1. The summed E-state index contributed by atoms with van der Waals surface area (Å²) in [7, 11) is 2.05. The van der Waals surface area contributed by atoms with Crippen LogP contribution in [0.1, 0.15) is 94.6 Å². The predicted molar refractivity (Wildman–Crippen MR) is 161 cm³/mol. The van der Waals surface area contributed by atoms with Crippen LogP contribution in [0.15, 0.2) is 18.2 Å². The molecule has 0 radical (unpaired) electrons. The zero-order valence-corrected chi connectivity index (χ0v) is 26.3. The van der Waals surface area contributed by atoms with Gasteiger partial charge in [0.1, 0.15) is 11.9 Å². The van der Waals surface area contributed by atoms with E-state index < -0.39 is 30.8 Å². The number of alkyl halides is 6. The number of nitrogens with zero attached hydrogens (tertiary/aromatic N) is 1. The number of phenolic OH excluding ortho intramolecular Hbond substituents is 1. The van der Waals surface area contributed by atoms with Crippen molar-refractivity contribution in [1.82, 2.24) is 4.90 Å². The monoisotopic (exact) mass is 637 g/mol. The second-order valence-electron chi connectivity index (χ2n) is 13.7. The molecule has 7 atom stereocenters. The molecule has 2 fully saturated rings. The van der Waals surface area contributed by atoms with E-state index in [1.165, 1.54) is 11.8 Å². The van der Waals surface area contributed by atoms with Gasteiger partial charge in [-0.15, -0.1) is 0 Å². The molecule has 0 unspecified atom stereocenters. The number of unbranched alkanes of at least 4 members (excludes halogenated alkanes) is 3. The minimum Gasteiger partial charge on any atom is -0.508 e. The Balaban J connectivity index is 1.16. The summed E-state index contributed by atoms with van der Waals surface area (Å²) in [4.78, 5) is 2.24. The van der Waals surface area contributed by atoms with Gasteiger partial charge in [-0.05, 0) is 129 Å². The fourth-order valence-electron chi connectivity index (χ4n) is 8.36. The summed E-state index contributed by atoms with van der Waals surface area (Å²) in [5.74, 6) is -2.61. The lowest BCUT2D eigenvalue weighted by atomic mass is 9.51. The highest BCUT2D eigenvalue weighted by Crippen LogP contribution is 2.63. The Labute approximate surface area is 257 Å². The number of hydrogen-bond acceptors (Lipinski definition) is 4. The van der Waals surface area contributed by atoms with Crippen LogP contribution in [0.5, 0.6) is 5.75 Å².